The topological polar surface area (TPSA) is 39.1 Å². The van der Waals surface area contributed by atoms with Gasteiger partial charge in [0.1, 0.15) is 0 Å². The van der Waals surface area contributed by atoms with Crippen molar-refractivity contribution in [2.75, 3.05) is 6.61 Å². The summed E-state index contributed by atoms with van der Waals surface area (Å²) in [6, 6.07) is 2.89. The van der Waals surface area contributed by atoms with Gasteiger partial charge in [0.2, 0.25) is 0 Å². The zero-order valence-corrected chi connectivity index (χ0v) is 11.0. The highest BCUT2D eigenvalue weighted by atomic mass is 16.5. The van der Waals surface area contributed by atoms with Crippen LogP contribution in [-0.2, 0) is 17.8 Å². The molecule has 1 saturated carbocycles. The fraction of sp³-hybridized carbons (Fsp3) is 0.786. The second kappa shape index (κ2) is 5.85. The predicted octanol–water partition coefficient (Wildman–Crippen LogP) is 2.09. The van der Waals surface area contributed by atoms with E-state index in [1.54, 1.807) is 0 Å². The molecule has 0 spiro atoms. The van der Waals surface area contributed by atoms with Gasteiger partial charge in [0, 0.05) is 31.9 Å². The molecule has 4 nitrogen and oxygen atoms in total. The van der Waals surface area contributed by atoms with Crippen LogP contribution in [0.1, 0.15) is 44.2 Å². The number of aromatic nitrogens is 2. The van der Waals surface area contributed by atoms with Crippen LogP contribution in [0.3, 0.4) is 0 Å². The molecule has 1 N–H and O–H groups in total. The minimum Gasteiger partial charge on any atom is -0.378 e. The van der Waals surface area contributed by atoms with Gasteiger partial charge in [-0.25, -0.2) is 0 Å². The highest BCUT2D eigenvalue weighted by Gasteiger charge is 2.20. The number of nitrogens with one attached hydrogen (secondary N) is 1. The van der Waals surface area contributed by atoms with Crippen molar-refractivity contribution in [3.8, 4) is 0 Å². The first kappa shape index (κ1) is 12.2. The summed E-state index contributed by atoms with van der Waals surface area (Å²) >= 11 is 0. The van der Waals surface area contributed by atoms with E-state index in [2.05, 4.69) is 27.4 Å². The van der Waals surface area contributed by atoms with E-state index >= 15 is 0 Å². The number of aryl methyl sites for hydroxylation is 1. The van der Waals surface area contributed by atoms with E-state index in [0.717, 1.165) is 25.7 Å². The summed E-state index contributed by atoms with van der Waals surface area (Å²) in [7, 11) is 0. The molecule has 4 heteroatoms. The van der Waals surface area contributed by atoms with Gasteiger partial charge in [0.25, 0.3) is 0 Å². The number of hydrogen-bond donors (Lipinski definition) is 1. The molecule has 1 aliphatic carbocycles. The Morgan fingerprint density at radius 1 is 1.39 bits per heavy atom. The van der Waals surface area contributed by atoms with E-state index in [1.165, 1.54) is 44.2 Å². The van der Waals surface area contributed by atoms with E-state index in [0.29, 0.717) is 6.10 Å². The van der Waals surface area contributed by atoms with Gasteiger partial charge in [-0.1, -0.05) is 0 Å². The number of rotatable bonds is 7. The summed E-state index contributed by atoms with van der Waals surface area (Å²) < 4.78 is 7.70. The van der Waals surface area contributed by atoms with E-state index in [-0.39, 0.29) is 0 Å². The normalized spacial score (nSPS) is 23.7. The quantitative estimate of drug-likeness (QED) is 0.804. The van der Waals surface area contributed by atoms with Gasteiger partial charge in [-0.3, -0.25) is 4.68 Å². The Kier molecular flexibility index (Phi) is 3.96. The zero-order chi connectivity index (χ0) is 12.2. The zero-order valence-electron chi connectivity index (χ0n) is 11.0. The van der Waals surface area contributed by atoms with Gasteiger partial charge in [-0.15, -0.1) is 0 Å². The maximum Gasteiger partial charge on any atom is 0.0762 e. The fourth-order valence-corrected chi connectivity index (χ4v) is 2.51. The summed E-state index contributed by atoms with van der Waals surface area (Å²) in [4.78, 5) is 0. The fourth-order valence-electron chi connectivity index (χ4n) is 2.51. The monoisotopic (exact) mass is 249 g/mol. The van der Waals surface area contributed by atoms with E-state index in [9.17, 15) is 0 Å². The van der Waals surface area contributed by atoms with Crippen LogP contribution in [0.2, 0.25) is 0 Å². The van der Waals surface area contributed by atoms with Crippen LogP contribution >= 0.6 is 0 Å². The third kappa shape index (κ3) is 3.56. The van der Waals surface area contributed by atoms with Gasteiger partial charge < -0.3 is 10.1 Å². The highest BCUT2D eigenvalue weighted by Crippen LogP contribution is 2.19. The number of hydrogen-bond acceptors (Lipinski definition) is 3. The minimum atomic E-state index is 0.511. The second-order valence-corrected chi connectivity index (χ2v) is 5.50. The van der Waals surface area contributed by atoms with Gasteiger partial charge in [-0.05, 0) is 44.6 Å². The lowest BCUT2D eigenvalue weighted by molar-refractivity contribution is 0.101. The molecular formula is C14H23N3O. The molecule has 1 atom stereocenters. The van der Waals surface area contributed by atoms with E-state index < -0.39 is 0 Å². The third-order valence-electron chi connectivity index (χ3n) is 3.78. The Balaban J connectivity index is 1.36. The van der Waals surface area contributed by atoms with E-state index in [1.807, 2.05) is 0 Å². The molecule has 1 unspecified atom stereocenters. The van der Waals surface area contributed by atoms with Crippen molar-refractivity contribution in [2.24, 2.45) is 0 Å². The number of ether oxygens (including phenoxy) is 1. The van der Waals surface area contributed by atoms with Crippen LogP contribution in [0.15, 0.2) is 12.3 Å². The molecule has 1 aromatic rings. The summed E-state index contributed by atoms with van der Waals surface area (Å²) in [5.74, 6) is 0. The standard InChI is InChI=1S/C14H23N3O/c1(3-14-4-2-10-18-14)8-17-9-7-13(16-17)11-15-12-5-6-12/h7,9,12,14-15H,1-6,8,10-11H2. The SMILES string of the molecule is c1cn(CCCC2CCCO2)nc1CNC1CC1. The molecule has 1 aromatic heterocycles. The van der Waals surface area contributed by atoms with Crippen molar-refractivity contribution in [3.05, 3.63) is 18.0 Å². The van der Waals surface area contributed by atoms with Crippen molar-refractivity contribution in [3.63, 3.8) is 0 Å². The largest absolute Gasteiger partial charge is 0.378 e. The molecule has 3 rings (SSSR count). The van der Waals surface area contributed by atoms with Crippen LogP contribution in [-0.4, -0.2) is 28.5 Å². The highest BCUT2D eigenvalue weighted by molar-refractivity contribution is 4.99. The summed E-state index contributed by atoms with van der Waals surface area (Å²) in [5.41, 5.74) is 1.17. The van der Waals surface area contributed by atoms with Crippen molar-refractivity contribution >= 4 is 0 Å². The third-order valence-corrected chi connectivity index (χ3v) is 3.78. The Morgan fingerprint density at radius 2 is 2.33 bits per heavy atom. The first-order valence-electron chi connectivity index (χ1n) is 7.27. The van der Waals surface area contributed by atoms with Gasteiger partial charge in [0.05, 0.1) is 11.8 Å². The Hall–Kier alpha value is -0.870. The minimum absolute atomic E-state index is 0.511. The van der Waals surface area contributed by atoms with Crippen molar-refractivity contribution in [1.29, 1.82) is 0 Å². The molecule has 2 heterocycles. The summed E-state index contributed by atoms with van der Waals surface area (Å²) in [5, 5.41) is 8.08. The average Bonchev–Trinajstić information content (AvgIpc) is 2.89. The Labute approximate surface area is 109 Å². The lowest BCUT2D eigenvalue weighted by Gasteiger charge is -2.08. The first-order chi connectivity index (χ1) is 8.90. The first-order valence-corrected chi connectivity index (χ1v) is 7.27. The molecule has 0 bridgehead atoms. The van der Waals surface area contributed by atoms with Gasteiger partial charge >= 0.3 is 0 Å². The molecular weight excluding hydrogens is 226 g/mol. The van der Waals surface area contributed by atoms with Gasteiger partial charge in [0.15, 0.2) is 0 Å². The average molecular weight is 249 g/mol. The van der Waals surface area contributed by atoms with Crippen LogP contribution in [0.4, 0.5) is 0 Å². The van der Waals surface area contributed by atoms with Crippen LogP contribution in [0.5, 0.6) is 0 Å². The summed E-state index contributed by atoms with van der Waals surface area (Å²) in [6.07, 6.45) is 10.1. The molecule has 1 aliphatic heterocycles. The van der Waals surface area contributed by atoms with Crippen LogP contribution in [0.25, 0.3) is 0 Å². The molecule has 2 fully saturated rings. The molecule has 100 valence electrons. The van der Waals surface area contributed by atoms with Crippen molar-refractivity contribution < 1.29 is 4.74 Å². The summed E-state index contributed by atoms with van der Waals surface area (Å²) in [6.45, 7) is 2.90. The maximum absolute atomic E-state index is 5.63. The Morgan fingerprint density at radius 3 is 3.11 bits per heavy atom. The lowest BCUT2D eigenvalue weighted by Crippen LogP contribution is -2.16. The molecule has 0 radical (unpaired) electrons. The molecule has 0 amide bonds. The molecule has 18 heavy (non-hydrogen) atoms. The van der Waals surface area contributed by atoms with Crippen molar-refractivity contribution in [2.45, 2.75) is 63.8 Å². The molecule has 1 saturated heterocycles. The Bertz CT molecular complexity index is 367. The van der Waals surface area contributed by atoms with Gasteiger partial charge in [-0.2, -0.15) is 5.10 Å². The molecule has 2 aliphatic rings. The van der Waals surface area contributed by atoms with Crippen LogP contribution < -0.4 is 5.32 Å². The smallest absolute Gasteiger partial charge is 0.0762 e. The van der Waals surface area contributed by atoms with Crippen LogP contribution in [0, 0.1) is 0 Å². The predicted molar refractivity (Wildman–Crippen MR) is 70.3 cm³/mol. The second-order valence-electron chi connectivity index (χ2n) is 5.50. The van der Waals surface area contributed by atoms with Crippen molar-refractivity contribution in [1.82, 2.24) is 15.1 Å². The lowest BCUT2D eigenvalue weighted by atomic mass is 10.1. The maximum atomic E-state index is 5.63. The van der Waals surface area contributed by atoms with E-state index in [4.69, 9.17) is 4.74 Å². The number of nitrogens with zero attached hydrogens (tertiary/aromatic N) is 2. The molecule has 0 aromatic carbocycles.